The van der Waals surface area contributed by atoms with Gasteiger partial charge >= 0.3 is 5.63 Å². The predicted molar refractivity (Wildman–Crippen MR) is 65.6 cm³/mol. The van der Waals surface area contributed by atoms with Gasteiger partial charge in [0, 0.05) is 11.5 Å². The summed E-state index contributed by atoms with van der Waals surface area (Å²) in [5.74, 6) is 0.660. The van der Waals surface area contributed by atoms with Crippen molar-refractivity contribution < 1.29 is 4.42 Å². The summed E-state index contributed by atoms with van der Waals surface area (Å²) >= 11 is 0. The Morgan fingerprint density at radius 2 is 2.00 bits per heavy atom. The standard InChI is InChI=1S/C14H16O2/c1-3-10(2)8-11-4-5-12-6-7-14(15)16-13(12)9-11/h4-7,9-10H,3,8H2,1-2H3. The molecule has 16 heavy (non-hydrogen) atoms. The molecule has 2 nitrogen and oxygen atoms in total. The molecule has 0 fully saturated rings. The summed E-state index contributed by atoms with van der Waals surface area (Å²) in [4.78, 5) is 11.1. The Bertz CT molecular complexity index is 540. The van der Waals surface area contributed by atoms with Gasteiger partial charge in [-0.2, -0.15) is 0 Å². The smallest absolute Gasteiger partial charge is 0.336 e. The lowest BCUT2D eigenvalue weighted by atomic mass is 9.98. The number of benzene rings is 1. The van der Waals surface area contributed by atoms with Crippen molar-refractivity contribution in [2.24, 2.45) is 5.92 Å². The molecule has 2 heteroatoms. The molecular weight excluding hydrogens is 200 g/mol. The molecule has 1 heterocycles. The minimum Gasteiger partial charge on any atom is -0.423 e. The third-order valence-corrected chi connectivity index (χ3v) is 2.97. The minimum absolute atomic E-state index is 0.284. The van der Waals surface area contributed by atoms with E-state index in [9.17, 15) is 4.79 Å². The Labute approximate surface area is 94.9 Å². The number of fused-ring (bicyclic) bond motifs is 1. The van der Waals surface area contributed by atoms with E-state index in [1.165, 1.54) is 11.6 Å². The number of hydrogen-bond donors (Lipinski definition) is 0. The van der Waals surface area contributed by atoms with Crippen LogP contribution in [-0.2, 0) is 6.42 Å². The molecule has 0 aliphatic rings. The molecule has 0 saturated carbocycles. The lowest BCUT2D eigenvalue weighted by molar-refractivity contribution is 0.551. The maximum atomic E-state index is 11.1. The second-order valence-corrected chi connectivity index (χ2v) is 4.34. The molecule has 0 amide bonds. The maximum Gasteiger partial charge on any atom is 0.336 e. The van der Waals surface area contributed by atoms with Crippen LogP contribution in [-0.4, -0.2) is 0 Å². The van der Waals surface area contributed by atoms with Crippen LogP contribution in [0.3, 0.4) is 0 Å². The highest BCUT2D eigenvalue weighted by Crippen LogP contribution is 2.17. The zero-order chi connectivity index (χ0) is 11.5. The van der Waals surface area contributed by atoms with Crippen LogP contribution >= 0.6 is 0 Å². The third kappa shape index (κ3) is 2.32. The van der Waals surface area contributed by atoms with Gasteiger partial charge in [-0.25, -0.2) is 4.79 Å². The van der Waals surface area contributed by atoms with E-state index >= 15 is 0 Å². The van der Waals surface area contributed by atoms with Crippen molar-refractivity contribution in [3.8, 4) is 0 Å². The topological polar surface area (TPSA) is 30.2 Å². The Hall–Kier alpha value is -1.57. The van der Waals surface area contributed by atoms with E-state index in [4.69, 9.17) is 4.42 Å². The highest BCUT2D eigenvalue weighted by molar-refractivity contribution is 5.76. The summed E-state index contributed by atoms with van der Waals surface area (Å²) in [5, 5.41) is 0.979. The first-order chi connectivity index (χ1) is 7.69. The molecule has 2 aromatic rings. The average Bonchev–Trinajstić information content (AvgIpc) is 2.28. The summed E-state index contributed by atoms with van der Waals surface area (Å²) in [6.45, 7) is 4.41. The van der Waals surface area contributed by atoms with E-state index in [0.29, 0.717) is 11.5 Å². The summed E-state index contributed by atoms with van der Waals surface area (Å²) in [5.41, 5.74) is 1.64. The van der Waals surface area contributed by atoms with Crippen LogP contribution in [0.1, 0.15) is 25.8 Å². The fourth-order valence-electron chi connectivity index (χ4n) is 1.78. The van der Waals surface area contributed by atoms with Gasteiger partial charge in [0.2, 0.25) is 0 Å². The second kappa shape index (κ2) is 4.52. The molecule has 0 saturated heterocycles. The molecule has 84 valence electrons. The Morgan fingerprint density at radius 3 is 2.75 bits per heavy atom. The van der Waals surface area contributed by atoms with Crippen molar-refractivity contribution in [2.75, 3.05) is 0 Å². The number of rotatable bonds is 3. The summed E-state index contributed by atoms with van der Waals surface area (Å²) < 4.78 is 5.16. The molecule has 1 unspecified atom stereocenters. The zero-order valence-electron chi connectivity index (χ0n) is 9.69. The van der Waals surface area contributed by atoms with Gasteiger partial charge < -0.3 is 4.42 Å². The highest BCUT2D eigenvalue weighted by atomic mass is 16.4. The molecule has 0 aliphatic heterocycles. The van der Waals surface area contributed by atoms with E-state index < -0.39 is 0 Å². The van der Waals surface area contributed by atoms with Crippen molar-refractivity contribution in [3.63, 3.8) is 0 Å². The normalized spacial score (nSPS) is 12.9. The average molecular weight is 216 g/mol. The fraction of sp³-hybridized carbons (Fsp3) is 0.357. The van der Waals surface area contributed by atoms with Crippen LogP contribution < -0.4 is 5.63 Å². The summed E-state index contributed by atoms with van der Waals surface area (Å²) in [6.07, 6.45) is 2.20. The molecule has 1 aromatic carbocycles. The van der Waals surface area contributed by atoms with Gasteiger partial charge in [-0.3, -0.25) is 0 Å². The Kier molecular flexibility index (Phi) is 3.09. The molecule has 1 aromatic heterocycles. The van der Waals surface area contributed by atoms with Crippen molar-refractivity contribution in [3.05, 3.63) is 46.3 Å². The Balaban J connectivity index is 2.39. The molecule has 0 aliphatic carbocycles. The maximum absolute atomic E-state index is 11.1. The van der Waals surface area contributed by atoms with Gasteiger partial charge in [0.1, 0.15) is 5.58 Å². The summed E-state index contributed by atoms with van der Waals surface area (Å²) in [7, 11) is 0. The molecule has 2 rings (SSSR count). The van der Waals surface area contributed by atoms with Gasteiger partial charge in [-0.05, 0) is 30.0 Å². The van der Waals surface area contributed by atoms with E-state index in [1.54, 1.807) is 6.07 Å². The zero-order valence-corrected chi connectivity index (χ0v) is 9.69. The molecular formula is C14H16O2. The highest BCUT2D eigenvalue weighted by Gasteiger charge is 2.03. The van der Waals surface area contributed by atoms with Crippen molar-refractivity contribution >= 4 is 11.0 Å². The van der Waals surface area contributed by atoms with Crippen LogP contribution in [0.15, 0.2) is 39.5 Å². The monoisotopic (exact) mass is 216 g/mol. The van der Waals surface area contributed by atoms with Gasteiger partial charge in [-0.1, -0.05) is 32.4 Å². The van der Waals surface area contributed by atoms with Gasteiger partial charge in [0.15, 0.2) is 0 Å². The van der Waals surface area contributed by atoms with Crippen LogP contribution in [0.25, 0.3) is 11.0 Å². The minimum atomic E-state index is -0.284. The first kappa shape index (κ1) is 10.9. The van der Waals surface area contributed by atoms with Crippen LogP contribution in [0.2, 0.25) is 0 Å². The van der Waals surface area contributed by atoms with E-state index in [0.717, 1.165) is 18.2 Å². The first-order valence-electron chi connectivity index (χ1n) is 5.72. The van der Waals surface area contributed by atoms with Gasteiger partial charge in [-0.15, -0.1) is 0 Å². The van der Waals surface area contributed by atoms with E-state index in [2.05, 4.69) is 19.9 Å². The van der Waals surface area contributed by atoms with E-state index in [-0.39, 0.29) is 5.63 Å². The van der Waals surface area contributed by atoms with Crippen molar-refractivity contribution in [2.45, 2.75) is 26.7 Å². The Morgan fingerprint density at radius 1 is 1.25 bits per heavy atom. The van der Waals surface area contributed by atoms with Crippen molar-refractivity contribution in [1.82, 2.24) is 0 Å². The van der Waals surface area contributed by atoms with Crippen LogP contribution in [0, 0.1) is 5.92 Å². The van der Waals surface area contributed by atoms with Crippen LogP contribution in [0.4, 0.5) is 0 Å². The largest absolute Gasteiger partial charge is 0.423 e. The molecule has 0 radical (unpaired) electrons. The summed E-state index contributed by atoms with van der Waals surface area (Å²) in [6, 6.07) is 9.35. The third-order valence-electron chi connectivity index (χ3n) is 2.97. The molecule has 0 bridgehead atoms. The lowest BCUT2D eigenvalue weighted by Gasteiger charge is -2.08. The van der Waals surface area contributed by atoms with Crippen molar-refractivity contribution in [1.29, 1.82) is 0 Å². The van der Waals surface area contributed by atoms with Gasteiger partial charge in [0.25, 0.3) is 0 Å². The second-order valence-electron chi connectivity index (χ2n) is 4.34. The van der Waals surface area contributed by atoms with E-state index in [1.807, 2.05) is 12.1 Å². The predicted octanol–water partition coefficient (Wildman–Crippen LogP) is 3.38. The lowest BCUT2D eigenvalue weighted by Crippen LogP contribution is -1.99. The number of hydrogen-bond acceptors (Lipinski definition) is 2. The quantitative estimate of drug-likeness (QED) is 0.736. The fourth-order valence-corrected chi connectivity index (χ4v) is 1.78. The molecule has 1 atom stereocenters. The van der Waals surface area contributed by atoms with Gasteiger partial charge in [0.05, 0.1) is 0 Å². The SMILES string of the molecule is CCC(C)Cc1ccc2ccc(=O)oc2c1. The molecule has 0 N–H and O–H groups in total. The molecule has 0 spiro atoms. The van der Waals surface area contributed by atoms with Crippen LogP contribution in [0.5, 0.6) is 0 Å². The first-order valence-corrected chi connectivity index (χ1v) is 5.72.